The monoisotopic (exact) mass is 324 g/mol. The van der Waals surface area contributed by atoms with Crippen molar-refractivity contribution in [2.75, 3.05) is 0 Å². The lowest BCUT2D eigenvalue weighted by molar-refractivity contribution is -0.385. The van der Waals surface area contributed by atoms with E-state index in [1.54, 1.807) is 28.9 Å². The fourth-order valence-corrected chi connectivity index (χ4v) is 2.35. The maximum Gasteiger partial charge on any atom is 0.269 e. The van der Waals surface area contributed by atoms with E-state index in [9.17, 15) is 20.2 Å². The van der Waals surface area contributed by atoms with Crippen molar-refractivity contribution in [3.05, 3.63) is 80.5 Å². The summed E-state index contributed by atoms with van der Waals surface area (Å²) in [6.45, 7) is 1.86. The van der Waals surface area contributed by atoms with Crippen LogP contribution in [0.25, 0.3) is 16.9 Å². The van der Waals surface area contributed by atoms with Gasteiger partial charge in [0.05, 0.1) is 21.2 Å². The number of nitrogens with zero attached hydrogens (tertiary/aromatic N) is 4. The number of aromatic nitrogens is 2. The average Bonchev–Trinajstić information content (AvgIpc) is 2.97. The van der Waals surface area contributed by atoms with Crippen LogP contribution in [0.1, 0.15) is 5.69 Å². The molecule has 24 heavy (non-hydrogen) atoms. The number of aryl methyl sites for hydroxylation is 1. The molecule has 0 saturated carbocycles. The maximum atomic E-state index is 10.7. The Balaban J connectivity index is 1.95. The molecule has 0 fully saturated rings. The quantitative estimate of drug-likeness (QED) is 0.538. The summed E-state index contributed by atoms with van der Waals surface area (Å²) >= 11 is 0. The van der Waals surface area contributed by atoms with E-state index in [1.807, 2.05) is 13.0 Å². The highest BCUT2D eigenvalue weighted by molar-refractivity contribution is 5.62. The predicted molar refractivity (Wildman–Crippen MR) is 87.0 cm³/mol. The van der Waals surface area contributed by atoms with Gasteiger partial charge in [0.2, 0.25) is 0 Å². The van der Waals surface area contributed by atoms with Crippen molar-refractivity contribution in [1.82, 2.24) is 9.78 Å². The van der Waals surface area contributed by atoms with Crippen LogP contribution < -0.4 is 0 Å². The highest BCUT2D eigenvalue weighted by atomic mass is 16.6. The Morgan fingerprint density at radius 1 is 0.875 bits per heavy atom. The molecule has 0 N–H and O–H groups in total. The summed E-state index contributed by atoms with van der Waals surface area (Å²) in [5.41, 5.74) is 3.00. The molecule has 0 aliphatic carbocycles. The van der Waals surface area contributed by atoms with E-state index < -0.39 is 9.85 Å². The molecule has 0 radical (unpaired) electrons. The summed E-state index contributed by atoms with van der Waals surface area (Å²) in [4.78, 5) is 20.5. The Labute approximate surface area is 136 Å². The second-order valence-electron chi connectivity index (χ2n) is 5.16. The minimum Gasteiger partial charge on any atom is -0.258 e. The normalized spacial score (nSPS) is 10.5. The SMILES string of the molecule is Cc1cc(-c2ccc([N+](=O)[O-])cc2)nn1-c1ccc([N+](=O)[O-])cc1. The Hall–Kier alpha value is -3.55. The summed E-state index contributed by atoms with van der Waals surface area (Å²) < 4.78 is 1.67. The lowest BCUT2D eigenvalue weighted by Gasteiger charge is -2.03. The van der Waals surface area contributed by atoms with Crippen LogP contribution in [-0.4, -0.2) is 19.6 Å². The van der Waals surface area contributed by atoms with E-state index in [0.717, 1.165) is 11.3 Å². The summed E-state index contributed by atoms with van der Waals surface area (Å²) in [5.74, 6) is 0. The molecule has 3 aromatic rings. The predicted octanol–water partition coefficient (Wildman–Crippen LogP) is 3.66. The lowest BCUT2D eigenvalue weighted by Crippen LogP contribution is -1.99. The first-order chi connectivity index (χ1) is 11.5. The number of hydrogen-bond donors (Lipinski definition) is 0. The van der Waals surface area contributed by atoms with Crippen LogP contribution >= 0.6 is 0 Å². The Morgan fingerprint density at radius 2 is 1.38 bits per heavy atom. The molecule has 0 saturated heterocycles. The van der Waals surface area contributed by atoms with Gasteiger partial charge < -0.3 is 0 Å². The smallest absolute Gasteiger partial charge is 0.258 e. The van der Waals surface area contributed by atoms with E-state index in [4.69, 9.17) is 0 Å². The van der Waals surface area contributed by atoms with Gasteiger partial charge in [0.25, 0.3) is 11.4 Å². The standard InChI is InChI=1S/C16H12N4O4/c1-11-10-16(12-2-4-14(5-3-12)19(21)22)17-18(11)13-6-8-15(9-7-13)20(23)24/h2-10H,1H3. The van der Waals surface area contributed by atoms with E-state index >= 15 is 0 Å². The average molecular weight is 324 g/mol. The van der Waals surface area contributed by atoms with Crippen LogP contribution in [0.15, 0.2) is 54.6 Å². The zero-order valence-electron chi connectivity index (χ0n) is 12.6. The van der Waals surface area contributed by atoms with Crippen molar-refractivity contribution >= 4 is 11.4 Å². The van der Waals surface area contributed by atoms with Gasteiger partial charge in [-0.3, -0.25) is 20.2 Å². The van der Waals surface area contributed by atoms with Crippen LogP contribution in [0, 0.1) is 27.2 Å². The van der Waals surface area contributed by atoms with Crippen molar-refractivity contribution in [3.8, 4) is 16.9 Å². The molecule has 2 aromatic carbocycles. The zero-order valence-corrected chi connectivity index (χ0v) is 12.6. The number of hydrogen-bond acceptors (Lipinski definition) is 5. The highest BCUT2D eigenvalue weighted by Gasteiger charge is 2.11. The van der Waals surface area contributed by atoms with Gasteiger partial charge in [-0.25, -0.2) is 4.68 Å². The fourth-order valence-electron chi connectivity index (χ4n) is 2.35. The first-order valence-corrected chi connectivity index (χ1v) is 7.02. The minimum atomic E-state index is -0.456. The van der Waals surface area contributed by atoms with Gasteiger partial charge in [0, 0.05) is 35.5 Å². The van der Waals surface area contributed by atoms with Gasteiger partial charge in [-0.1, -0.05) is 0 Å². The molecule has 0 amide bonds. The number of nitro benzene ring substituents is 2. The zero-order chi connectivity index (χ0) is 17.3. The number of non-ortho nitro benzene ring substituents is 2. The van der Waals surface area contributed by atoms with Gasteiger partial charge in [-0.05, 0) is 37.3 Å². The topological polar surface area (TPSA) is 104 Å². The summed E-state index contributed by atoms with van der Waals surface area (Å²) in [6.07, 6.45) is 0. The highest BCUT2D eigenvalue weighted by Crippen LogP contribution is 2.24. The summed E-state index contributed by atoms with van der Waals surface area (Å²) in [5, 5.41) is 25.9. The molecule has 3 rings (SSSR count). The van der Waals surface area contributed by atoms with Crippen LogP contribution in [0.4, 0.5) is 11.4 Å². The molecule has 0 aliphatic rings. The van der Waals surface area contributed by atoms with Gasteiger partial charge in [-0.15, -0.1) is 0 Å². The van der Waals surface area contributed by atoms with E-state index in [2.05, 4.69) is 5.10 Å². The third kappa shape index (κ3) is 2.84. The second kappa shape index (κ2) is 5.92. The Kier molecular flexibility index (Phi) is 3.78. The molecule has 0 unspecified atom stereocenters. The van der Waals surface area contributed by atoms with Crippen molar-refractivity contribution in [2.24, 2.45) is 0 Å². The molecular formula is C16H12N4O4. The Morgan fingerprint density at radius 3 is 1.88 bits per heavy atom. The molecule has 1 heterocycles. The molecule has 0 bridgehead atoms. The molecule has 8 nitrogen and oxygen atoms in total. The molecular weight excluding hydrogens is 312 g/mol. The molecule has 0 atom stereocenters. The van der Waals surface area contributed by atoms with E-state index in [0.29, 0.717) is 11.4 Å². The third-order valence-corrected chi connectivity index (χ3v) is 3.57. The van der Waals surface area contributed by atoms with Crippen molar-refractivity contribution in [1.29, 1.82) is 0 Å². The molecule has 0 aliphatic heterocycles. The minimum absolute atomic E-state index is 0.0131. The van der Waals surface area contributed by atoms with Gasteiger partial charge >= 0.3 is 0 Å². The van der Waals surface area contributed by atoms with E-state index in [-0.39, 0.29) is 11.4 Å². The first kappa shape index (κ1) is 15.3. The molecule has 0 spiro atoms. The summed E-state index contributed by atoms with van der Waals surface area (Å²) in [6, 6.07) is 14.1. The maximum absolute atomic E-state index is 10.7. The van der Waals surface area contributed by atoms with Crippen molar-refractivity contribution in [2.45, 2.75) is 6.92 Å². The number of rotatable bonds is 4. The molecule has 120 valence electrons. The van der Waals surface area contributed by atoms with Crippen molar-refractivity contribution in [3.63, 3.8) is 0 Å². The largest absolute Gasteiger partial charge is 0.269 e. The number of benzene rings is 2. The van der Waals surface area contributed by atoms with Crippen LogP contribution in [-0.2, 0) is 0 Å². The first-order valence-electron chi connectivity index (χ1n) is 7.02. The van der Waals surface area contributed by atoms with Gasteiger partial charge in [0.1, 0.15) is 0 Å². The van der Waals surface area contributed by atoms with Crippen LogP contribution in [0.2, 0.25) is 0 Å². The molecule has 8 heteroatoms. The second-order valence-corrected chi connectivity index (χ2v) is 5.16. The van der Waals surface area contributed by atoms with E-state index in [1.165, 1.54) is 24.3 Å². The Bertz CT molecular complexity index is 914. The van der Waals surface area contributed by atoms with Crippen LogP contribution in [0.5, 0.6) is 0 Å². The van der Waals surface area contributed by atoms with Crippen molar-refractivity contribution < 1.29 is 9.85 Å². The number of nitro groups is 2. The van der Waals surface area contributed by atoms with Gasteiger partial charge in [-0.2, -0.15) is 5.10 Å². The third-order valence-electron chi connectivity index (χ3n) is 3.57. The molecule has 1 aromatic heterocycles. The lowest BCUT2D eigenvalue weighted by atomic mass is 10.1. The van der Waals surface area contributed by atoms with Gasteiger partial charge in [0.15, 0.2) is 0 Å². The summed E-state index contributed by atoms with van der Waals surface area (Å²) in [7, 11) is 0. The van der Waals surface area contributed by atoms with Crippen LogP contribution in [0.3, 0.4) is 0 Å². The fraction of sp³-hybridized carbons (Fsp3) is 0.0625.